The van der Waals surface area contributed by atoms with Gasteiger partial charge in [-0.15, -0.1) is 11.6 Å². The van der Waals surface area contributed by atoms with Crippen molar-refractivity contribution in [3.05, 3.63) is 0 Å². The zero-order chi connectivity index (χ0) is 9.14. The molecule has 0 saturated carbocycles. The van der Waals surface area contributed by atoms with E-state index in [2.05, 4.69) is 30.8 Å². The molecule has 0 aromatic rings. The monoisotopic (exact) mass is 190 g/mol. The average molecular weight is 191 g/mol. The Morgan fingerprint density at radius 2 is 2.08 bits per heavy atom. The highest BCUT2D eigenvalue weighted by molar-refractivity contribution is 6.18. The number of likely N-dealkylation sites (tertiary alicyclic amines) is 1. The summed E-state index contributed by atoms with van der Waals surface area (Å²) in [6.45, 7) is 5.74. The van der Waals surface area contributed by atoms with Crippen LogP contribution in [-0.2, 0) is 0 Å². The van der Waals surface area contributed by atoms with Crippen LogP contribution in [0.2, 0.25) is 0 Å². The van der Waals surface area contributed by atoms with Crippen LogP contribution in [0.4, 0.5) is 0 Å². The number of hydrogen-bond donors (Lipinski definition) is 0. The topological polar surface area (TPSA) is 6.48 Å². The normalized spacial score (nSPS) is 31.8. The van der Waals surface area contributed by atoms with E-state index in [4.69, 9.17) is 11.6 Å². The molecule has 0 aromatic heterocycles. The van der Waals surface area contributed by atoms with E-state index in [1.54, 1.807) is 0 Å². The van der Waals surface area contributed by atoms with Crippen LogP contribution in [0, 0.1) is 5.92 Å². The number of rotatable bonds is 3. The zero-order valence-electron chi connectivity index (χ0n) is 8.26. The molecular weight excluding hydrogens is 172 g/mol. The number of alkyl halides is 1. The molecule has 1 fully saturated rings. The molecule has 0 spiro atoms. The van der Waals surface area contributed by atoms with Gasteiger partial charge < -0.3 is 9.80 Å². The summed E-state index contributed by atoms with van der Waals surface area (Å²) in [6, 6.07) is 0.716. The minimum atomic E-state index is 0.716. The first-order valence-corrected chi connectivity index (χ1v) is 5.13. The number of nitrogens with zero attached hydrogens (tertiary/aromatic N) is 2. The predicted octanol–water partition coefficient (Wildman–Crippen LogP) is 1.11. The Morgan fingerprint density at radius 1 is 1.42 bits per heavy atom. The summed E-state index contributed by atoms with van der Waals surface area (Å²) < 4.78 is 0. The molecular formula is C9H19ClN2. The number of halogens is 1. The fourth-order valence-electron chi connectivity index (χ4n) is 2.02. The van der Waals surface area contributed by atoms with Crippen LogP contribution in [0.3, 0.4) is 0 Å². The first-order chi connectivity index (χ1) is 5.65. The summed E-state index contributed by atoms with van der Waals surface area (Å²) >= 11 is 5.70. The summed E-state index contributed by atoms with van der Waals surface area (Å²) in [7, 11) is 4.32. The van der Waals surface area contributed by atoms with Crippen LogP contribution >= 0.6 is 11.6 Å². The van der Waals surface area contributed by atoms with Gasteiger partial charge in [0.2, 0.25) is 0 Å². The molecule has 2 unspecified atom stereocenters. The third kappa shape index (κ3) is 2.35. The Labute approximate surface area is 80.5 Å². The van der Waals surface area contributed by atoms with E-state index in [1.165, 1.54) is 13.1 Å². The molecule has 0 aromatic carbocycles. The maximum Gasteiger partial charge on any atom is 0.0351 e. The summed E-state index contributed by atoms with van der Waals surface area (Å²) in [5.74, 6) is 1.54. The van der Waals surface area contributed by atoms with Crippen LogP contribution in [0.15, 0.2) is 0 Å². The Kier molecular flexibility index (Phi) is 3.81. The molecule has 2 nitrogen and oxygen atoms in total. The lowest BCUT2D eigenvalue weighted by Crippen LogP contribution is -2.34. The molecule has 72 valence electrons. The third-order valence-corrected chi connectivity index (χ3v) is 2.88. The molecule has 0 amide bonds. The Hall–Kier alpha value is 0.210. The van der Waals surface area contributed by atoms with Gasteiger partial charge in [0.05, 0.1) is 0 Å². The molecule has 12 heavy (non-hydrogen) atoms. The smallest absolute Gasteiger partial charge is 0.0351 e. The van der Waals surface area contributed by atoms with Gasteiger partial charge in [-0.05, 0) is 20.0 Å². The van der Waals surface area contributed by atoms with E-state index in [0.717, 1.165) is 18.3 Å². The van der Waals surface area contributed by atoms with E-state index < -0.39 is 0 Å². The van der Waals surface area contributed by atoms with E-state index >= 15 is 0 Å². The van der Waals surface area contributed by atoms with Crippen molar-refractivity contribution in [2.45, 2.75) is 13.0 Å². The van der Waals surface area contributed by atoms with Crippen LogP contribution < -0.4 is 0 Å². The van der Waals surface area contributed by atoms with Crippen molar-refractivity contribution in [2.75, 3.05) is 39.6 Å². The first kappa shape index (κ1) is 10.3. The quantitative estimate of drug-likeness (QED) is 0.616. The molecule has 3 heteroatoms. The van der Waals surface area contributed by atoms with E-state index in [-0.39, 0.29) is 0 Å². The van der Waals surface area contributed by atoms with Crippen LogP contribution in [0.5, 0.6) is 0 Å². The fourth-order valence-corrected chi connectivity index (χ4v) is 2.26. The second kappa shape index (κ2) is 4.45. The minimum absolute atomic E-state index is 0.716. The molecule has 1 rings (SSSR count). The van der Waals surface area contributed by atoms with Gasteiger partial charge in [0, 0.05) is 31.6 Å². The fraction of sp³-hybridized carbons (Fsp3) is 1.00. The lowest BCUT2D eigenvalue weighted by Gasteiger charge is -2.22. The summed E-state index contributed by atoms with van der Waals surface area (Å²) in [5.41, 5.74) is 0. The van der Waals surface area contributed by atoms with Gasteiger partial charge in [-0.3, -0.25) is 0 Å². The predicted molar refractivity (Wildman–Crippen MR) is 53.8 cm³/mol. The second-order valence-electron chi connectivity index (χ2n) is 3.96. The summed E-state index contributed by atoms with van der Waals surface area (Å²) in [4.78, 5) is 4.77. The van der Waals surface area contributed by atoms with E-state index in [9.17, 15) is 0 Å². The molecule has 1 aliphatic heterocycles. The lowest BCUT2D eigenvalue weighted by molar-refractivity contribution is 0.254. The Balaban J connectivity index is 2.39. The minimum Gasteiger partial charge on any atom is -0.305 e. The Bertz CT molecular complexity index is 138. The maximum absolute atomic E-state index is 5.70. The average Bonchev–Trinajstić information content (AvgIpc) is 2.32. The molecule has 0 radical (unpaired) electrons. The van der Waals surface area contributed by atoms with Crippen molar-refractivity contribution in [3.8, 4) is 0 Å². The number of likely N-dealkylation sites (N-methyl/N-ethyl adjacent to an activating group) is 1. The zero-order valence-corrected chi connectivity index (χ0v) is 9.01. The van der Waals surface area contributed by atoms with Gasteiger partial charge >= 0.3 is 0 Å². The molecule has 0 N–H and O–H groups in total. The SMILES string of the molecule is CC1CN(CCCl)CC1N(C)C. The Morgan fingerprint density at radius 3 is 2.50 bits per heavy atom. The van der Waals surface area contributed by atoms with Gasteiger partial charge in [0.25, 0.3) is 0 Å². The molecule has 0 bridgehead atoms. The van der Waals surface area contributed by atoms with Crippen molar-refractivity contribution >= 4 is 11.6 Å². The first-order valence-electron chi connectivity index (χ1n) is 4.60. The van der Waals surface area contributed by atoms with Gasteiger partial charge in [-0.1, -0.05) is 6.92 Å². The van der Waals surface area contributed by atoms with Crippen LogP contribution in [-0.4, -0.2) is 55.5 Å². The highest BCUT2D eigenvalue weighted by atomic mass is 35.5. The molecule has 1 heterocycles. The van der Waals surface area contributed by atoms with Crippen molar-refractivity contribution in [1.82, 2.24) is 9.80 Å². The van der Waals surface area contributed by atoms with Gasteiger partial charge in [0.1, 0.15) is 0 Å². The standard InChI is InChI=1S/C9H19ClN2/c1-8-6-12(5-4-10)7-9(8)11(2)3/h8-9H,4-7H2,1-3H3. The van der Waals surface area contributed by atoms with Crippen molar-refractivity contribution in [2.24, 2.45) is 5.92 Å². The van der Waals surface area contributed by atoms with Gasteiger partial charge in [-0.25, -0.2) is 0 Å². The molecule has 2 atom stereocenters. The molecule has 0 aliphatic carbocycles. The van der Waals surface area contributed by atoms with E-state index in [0.29, 0.717) is 6.04 Å². The van der Waals surface area contributed by atoms with Crippen molar-refractivity contribution in [3.63, 3.8) is 0 Å². The molecule has 1 aliphatic rings. The number of hydrogen-bond acceptors (Lipinski definition) is 2. The van der Waals surface area contributed by atoms with Gasteiger partial charge in [0.15, 0.2) is 0 Å². The summed E-state index contributed by atoms with van der Waals surface area (Å²) in [6.07, 6.45) is 0. The highest BCUT2D eigenvalue weighted by Crippen LogP contribution is 2.19. The lowest BCUT2D eigenvalue weighted by atomic mass is 10.1. The summed E-state index contributed by atoms with van der Waals surface area (Å²) in [5, 5.41) is 0. The van der Waals surface area contributed by atoms with Crippen molar-refractivity contribution < 1.29 is 0 Å². The van der Waals surface area contributed by atoms with Crippen LogP contribution in [0.1, 0.15) is 6.92 Å². The third-order valence-electron chi connectivity index (χ3n) is 2.71. The van der Waals surface area contributed by atoms with Crippen molar-refractivity contribution in [1.29, 1.82) is 0 Å². The largest absolute Gasteiger partial charge is 0.305 e. The van der Waals surface area contributed by atoms with E-state index in [1.807, 2.05) is 0 Å². The molecule has 1 saturated heterocycles. The highest BCUT2D eigenvalue weighted by Gasteiger charge is 2.30. The maximum atomic E-state index is 5.70. The van der Waals surface area contributed by atoms with Gasteiger partial charge in [-0.2, -0.15) is 0 Å². The van der Waals surface area contributed by atoms with Crippen LogP contribution in [0.25, 0.3) is 0 Å². The second-order valence-corrected chi connectivity index (χ2v) is 4.33.